The first kappa shape index (κ1) is 29.6. The minimum atomic E-state index is -4.64. The molecule has 5 atom stereocenters. The second-order valence-corrected chi connectivity index (χ2v) is 9.64. The van der Waals surface area contributed by atoms with Crippen molar-refractivity contribution in [2.45, 2.75) is 83.3 Å². The van der Waals surface area contributed by atoms with Gasteiger partial charge in [0.15, 0.2) is 6.29 Å². The number of nitrogens with one attached hydrogen (secondary N) is 1. The molecular weight excluding hydrogens is 492 g/mol. The first-order chi connectivity index (χ1) is 16.5. The number of carbonyl (C=O) groups excluding carboxylic acids is 2. The highest BCUT2D eigenvalue weighted by atomic mass is 19.4. The molecule has 1 aromatic carbocycles. The molecule has 1 saturated heterocycles. The normalized spacial score (nSPS) is 22.6. The Balaban J connectivity index is 2.36. The van der Waals surface area contributed by atoms with Gasteiger partial charge in [0, 0.05) is 13.0 Å². The molecule has 1 fully saturated rings. The quantitative estimate of drug-likeness (QED) is 0.470. The number of hydrogen-bond acceptors (Lipinski definition) is 7. The van der Waals surface area contributed by atoms with Gasteiger partial charge in [0.25, 0.3) is 0 Å². The van der Waals surface area contributed by atoms with Gasteiger partial charge in [0.05, 0.1) is 30.8 Å². The number of amides is 2. The maximum Gasteiger partial charge on any atom is 0.411 e. The Bertz CT molecular complexity index is 902. The number of rotatable bonds is 7. The summed E-state index contributed by atoms with van der Waals surface area (Å²) in [6.45, 7) is 5.28. The van der Waals surface area contributed by atoms with Crippen molar-refractivity contribution in [2.75, 3.05) is 13.2 Å². The van der Waals surface area contributed by atoms with Gasteiger partial charge in [-0.15, -0.1) is 0 Å². The van der Waals surface area contributed by atoms with Crippen LogP contribution in [0.15, 0.2) is 18.2 Å². The zero-order valence-corrected chi connectivity index (χ0v) is 20.6. The monoisotopic (exact) mass is 524 g/mol. The van der Waals surface area contributed by atoms with Gasteiger partial charge < -0.3 is 29.7 Å². The van der Waals surface area contributed by atoms with Gasteiger partial charge in [-0.1, -0.05) is 0 Å². The second-order valence-electron chi connectivity index (χ2n) is 9.64. The third-order valence-corrected chi connectivity index (χ3v) is 5.23. The van der Waals surface area contributed by atoms with Crippen molar-refractivity contribution in [3.63, 3.8) is 0 Å². The van der Waals surface area contributed by atoms with Gasteiger partial charge in [-0.25, -0.2) is 9.18 Å². The summed E-state index contributed by atoms with van der Waals surface area (Å²) in [6, 6.07) is -0.158. The number of ether oxygens (including phenoxy) is 3. The number of aromatic hydroxyl groups is 1. The summed E-state index contributed by atoms with van der Waals surface area (Å²) in [4.78, 5) is 25.9. The highest BCUT2D eigenvalue weighted by molar-refractivity contribution is 5.73. The average Bonchev–Trinajstić information content (AvgIpc) is 2.68. The van der Waals surface area contributed by atoms with Crippen molar-refractivity contribution in [1.29, 1.82) is 0 Å². The van der Waals surface area contributed by atoms with Crippen LogP contribution in [-0.4, -0.2) is 82.6 Å². The van der Waals surface area contributed by atoms with E-state index in [1.165, 1.54) is 19.9 Å². The van der Waals surface area contributed by atoms with E-state index in [9.17, 15) is 37.4 Å². The SMILES string of the molecule is CC(=O)N[C@@H](Cc1cc(O)cc(F)c1)[C@H](O)[C@H]1CO[C@@H](OCC(F)(F)F)[C@H](C)N1C(=O)OC(C)(C)C. The van der Waals surface area contributed by atoms with Gasteiger partial charge in [-0.3, -0.25) is 9.69 Å². The summed E-state index contributed by atoms with van der Waals surface area (Å²) >= 11 is 0. The molecule has 1 aromatic rings. The predicted octanol–water partition coefficient (Wildman–Crippen LogP) is 2.87. The third-order valence-electron chi connectivity index (χ3n) is 5.23. The standard InChI is InChI=1S/C23H32F4N2O7/c1-12-20(35-11-23(25,26)27)34-10-18(29(12)21(33)36-22(3,4)5)19(32)17(28-13(2)30)8-14-6-15(24)9-16(31)7-14/h6-7,9,12,17-20,31-32H,8,10-11H2,1-5H3,(H,28,30)/t12-,17-,18+,19-,20-/m0/s1. The number of phenolic OH excluding ortho intramolecular Hbond substituents is 1. The van der Waals surface area contributed by atoms with Crippen molar-refractivity contribution >= 4 is 12.0 Å². The first-order valence-corrected chi connectivity index (χ1v) is 11.2. The van der Waals surface area contributed by atoms with E-state index in [0.29, 0.717) is 0 Å². The minimum absolute atomic E-state index is 0.146. The van der Waals surface area contributed by atoms with Crippen LogP contribution in [0.5, 0.6) is 5.75 Å². The van der Waals surface area contributed by atoms with Crippen molar-refractivity contribution < 1.29 is 51.6 Å². The van der Waals surface area contributed by atoms with Crippen LogP contribution in [0.1, 0.15) is 40.2 Å². The summed E-state index contributed by atoms with van der Waals surface area (Å²) < 4.78 is 67.5. The lowest BCUT2D eigenvalue weighted by molar-refractivity contribution is -0.266. The molecule has 0 spiro atoms. The number of benzene rings is 1. The van der Waals surface area contributed by atoms with Crippen LogP contribution in [0.4, 0.5) is 22.4 Å². The molecule has 0 unspecified atom stereocenters. The number of hydrogen-bond donors (Lipinski definition) is 3. The van der Waals surface area contributed by atoms with E-state index in [1.54, 1.807) is 20.8 Å². The fourth-order valence-electron chi connectivity index (χ4n) is 3.88. The molecule has 204 valence electrons. The minimum Gasteiger partial charge on any atom is -0.508 e. The number of nitrogens with zero attached hydrogens (tertiary/aromatic N) is 1. The number of morpholine rings is 1. The van der Waals surface area contributed by atoms with E-state index < -0.39 is 73.3 Å². The smallest absolute Gasteiger partial charge is 0.411 e. The van der Waals surface area contributed by atoms with Crippen molar-refractivity contribution in [3.05, 3.63) is 29.6 Å². The summed E-state index contributed by atoms with van der Waals surface area (Å²) in [6.07, 6.45) is -8.72. The fraction of sp³-hybridized carbons (Fsp3) is 0.652. The Morgan fingerprint density at radius 1 is 1.25 bits per heavy atom. The van der Waals surface area contributed by atoms with Crippen molar-refractivity contribution in [1.82, 2.24) is 10.2 Å². The lowest BCUT2D eigenvalue weighted by atomic mass is 9.94. The molecule has 0 bridgehead atoms. The Hall–Kier alpha value is -2.64. The zero-order chi connectivity index (χ0) is 27.4. The van der Waals surface area contributed by atoms with Crippen LogP contribution in [0, 0.1) is 5.82 Å². The molecule has 9 nitrogen and oxygen atoms in total. The molecule has 0 saturated carbocycles. The fourth-order valence-corrected chi connectivity index (χ4v) is 3.88. The Labute approximate surface area is 206 Å². The van der Waals surface area contributed by atoms with Gasteiger partial charge in [0.2, 0.25) is 5.91 Å². The van der Waals surface area contributed by atoms with Crippen molar-refractivity contribution in [3.8, 4) is 5.75 Å². The summed E-state index contributed by atoms with van der Waals surface area (Å²) in [5.41, 5.74) is -0.728. The number of aliphatic hydroxyl groups is 1. The van der Waals surface area contributed by atoms with E-state index in [4.69, 9.17) is 14.2 Å². The van der Waals surface area contributed by atoms with Crippen LogP contribution in [-0.2, 0) is 25.4 Å². The van der Waals surface area contributed by atoms with E-state index in [1.807, 2.05) is 0 Å². The molecule has 36 heavy (non-hydrogen) atoms. The van der Waals surface area contributed by atoms with E-state index in [0.717, 1.165) is 17.0 Å². The largest absolute Gasteiger partial charge is 0.508 e. The van der Waals surface area contributed by atoms with Crippen LogP contribution < -0.4 is 5.32 Å². The molecule has 2 amide bonds. The molecular formula is C23H32F4N2O7. The van der Waals surface area contributed by atoms with Crippen LogP contribution in [0.3, 0.4) is 0 Å². The summed E-state index contributed by atoms with van der Waals surface area (Å²) in [5.74, 6) is -1.65. The molecule has 1 heterocycles. The number of phenols is 1. The molecule has 13 heteroatoms. The van der Waals surface area contributed by atoms with E-state index in [2.05, 4.69) is 5.32 Å². The summed E-state index contributed by atoms with van der Waals surface area (Å²) in [7, 11) is 0. The van der Waals surface area contributed by atoms with Gasteiger partial charge in [0.1, 0.15) is 23.8 Å². The van der Waals surface area contributed by atoms with Gasteiger partial charge >= 0.3 is 12.3 Å². The number of halogens is 4. The Morgan fingerprint density at radius 2 is 1.89 bits per heavy atom. The maximum atomic E-state index is 13.8. The van der Waals surface area contributed by atoms with Crippen molar-refractivity contribution in [2.24, 2.45) is 0 Å². The van der Waals surface area contributed by atoms with Crippen LogP contribution in [0.2, 0.25) is 0 Å². The molecule has 0 aromatic heterocycles. The lowest BCUT2D eigenvalue weighted by Gasteiger charge is -2.47. The summed E-state index contributed by atoms with van der Waals surface area (Å²) in [5, 5.41) is 23.5. The number of alkyl halides is 3. The van der Waals surface area contributed by atoms with Crippen LogP contribution in [0.25, 0.3) is 0 Å². The number of carbonyl (C=O) groups is 2. The van der Waals surface area contributed by atoms with Gasteiger partial charge in [-0.05, 0) is 51.8 Å². The average molecular weight is 525 g/mol. The second kappa shape index (κ2) is 11.6. The Morgan fingerprint density at radius 3 is 2.42 bits per heavy atom. The van der Waals surface area contributed by atoms with E-state index in [-0.39, 0.29) is 17.7 Å². The Kier molecular flexibility index (Phi) is 9.54. The molecule has 3 N–H and O–H groups in total. The first-order valence-electron chi connectivity index (χ1n) is 11.2. The predicted molar refractivity (Wildman–Crippen MR) is 118 cm³/mol. The highest BCUT2D eigenvalue weighted by Crippen LogP contribution is 2.28. The zero-order valence-electron chi connectivity index (χ0n) is 20.6. The topological polar surface area (TPSA) is 118 Å². The molecule has 1 aliphatic heterocycles. The van der Waals surface area contributed by atoms with Gasteiger partial charge in [-0.2, -0.15) is 13.2 Å². The molecule has 2 rings (SSSR count). The molecule has 0 aliphatic carbocycles. The third kappa shape index (κ3) is 8.79. The lowest BCUT2D eigenvalue weighted by Crippen LogP contribution is -2.66. The van der Waals surface area contributed by atoms with E-state index >= 15 is 0 Å². The van der Waals surface area contributed by atoms with Crippen LogP contribution >= 0.6 is 0 Å². The molecule has 0 radical (unpaired) electrons. The maximum absolute atomic E-state index is 13.8. The molecule has 1 aliphatic rings. The highest BCUT2D eigenvalue weighted by Gasteiger charge is 2.46. The number of aliphatic hydroxyl groups excluding tert-OH is 1.